The van der Waals surface area contributed by atoms with Crippen molar-refractivity contribution in [3.8, 4) is 0 Å². The second kappa shape index (κ2) is 6.54. The third-order valence-electron chi connectivity index (χ3n) is 3.82. The van der Waals surface area contributed by atoms with Crippen molar-refractivity contribution in [1.29, 1.82) is 0 Å². The van der Waals surface area contributed by atoms with Crippen LogP contribution in [0.15, 0.2) is 30.3 Å². The molecule has 1 amide bonds. The highest BCUT2D eigenvalue weighted by Crippen LogP contribution is 2.16. The average molecular weight is 369 g/mol. The summed E-state index contributed by atoms with van der Waals surface area (Å²) in [7, 11) is -3.21. The third-order valence-corrected chi connectivity index (χ3v) is 5.32. The van der Waals surface area contributed by atoms with E-state index in [0.29, 0.717) is 35.9 Å². The topological polar surface area (TPSA) is 84.3 Å². The molecular formula is C15H17ClN4O3S. The fourth-order valence-electron chi connectivity index (χ4n) is 2.55. The molecule has 0 saturated carbocycles. The highest BCUT2D eigenvalue weighted by atomic mass is 35.5. The first-order valence-electron chi connectivity index (χ1n) is 7.37. The Morgan fingerprint density at radius 1 is 1.29 bits per heavy atom. The van der Waals surface area contributed by atoms with Gasteiger partial charge in [-0.25, -0.2) is 8.42 Å². The van der Waals surface area contributed by atoms with Crippen molar-refractivity contribution in [2.45, 2.75) is 19.6 Å². The number of fused-ring (bicyclic) bond motifs is 1. The van der Waals surface area contributed by atoms with E-state index in [0.717, 1.165) is 5.69 Å². The molecule has 1 N–H and O–H groups in total. The molecular weight excluding hydrogens is 352 g/mol. The van der Waals surface area contributed by atoms with Crippen molar-refractivity contribution in [3.05, 3.63) is 52.3 Å². The van der Waals surface area contributed by atoms with Crippen LogP contribution in [-0.2, 0) is 29.7 Å². The number of nitrogens with zero attached hydrogens (tertiary/aromatic N) is 3. The van der Waals surface area contributed by atoms with E-state index in [1.807, 2.05) is 6.07 Å². The minimum Gasteiger partial charge on any atom is -0.346 e. The molecule has 24 heavy (non-hydrogen) atoms. The monoisotopic (exact) mass is 368 g/mol. The number of hydrogen-bond acceptors (Lipinski definition) is 4. The normalized spacial score (nSPS) is 15.1. The molecule has 0 atom stereocenters. The Labute approximate surface area is 145 Å². The van der Waals surface area contributed by atoms with E-state index in [-0.39, 0.29) is 12.5 Å². The number of halogens is 1. The minimum absolute atomic E-state index is 0.213. The van der Waals surface area contributed by atoms with Gasteiger partial charge in [-0.05, 0) is 30.3 Å². The Bertz CT molecular complexity index is 861. The summed E-state index contributed by atoms with van der Waals surface area (Å²) in [6, 6.07) is 8.44. The second-order valence-electron chi connectivity index (χ2n) is 5.64. The van der Waals surface area contributed by atoms with Gasteiger partial charge in [0, 0.05) is 17.1 Å². The van der Waals surface area contributed by atoms with E-state index >= 15 is 0 Å². The first kappa shape index (κ1) is 16.9. The molecule has 0 aliphatic carbocycles. The summed E-state index contributed by atoms with van der Waals surface area (Å²) in [6.45, 7) is 1.49. The van der Waals surface area contributed by atoms with Gasteiger partial charge in [-0.3, -0.25) is 9.48 Å². The number of carbonyl (C=O) groups is 1. The van der Waals surface area contributed by atoms with E-state index in [4.69, 9.17) is 11.6 Å². The summed E-state index contributed by atoms with van der Waals surface area (Å²) in [4.78, 5) is 12.1. The van der Waals surface area contributed by atoms with Crippen LogP contribution in [0.3, 0.4) is 0 Å². The number of carbonyl (C=O) groups excluding carboxylic acids is 1. The van der Waals surface area contributed by atoms with E-state index in [9.17, 15) is 13.2 Å². The molecule has 7 nitrogen and oxygen atoms in total. The van der Waals surface area contributed by atoms with Crippen molar-refractivity contribution in [2.24, 2.45) is 0 Å². The zero-order valence-electron chi connectivity index (χ0n) is 13.1. The lowest BCUT2D eigenvalue weighted by Crippen LogP contribution is -2.37. The van der Waals surface area contributed by atoms with Crippen molar-refractivity contribution in [1.82, 2.24) is 19.4 Å². The number of aromatic nitrogens is 2. The molecule has 1 aliphatic heterocycles. The fourth-order valence-corrected chi connectivity index (χ4v) is 3.45. The first-order chi connectivity index (χ1) is 11.3. The summed E-state index contributed by atoms with van der Waals surface area (Å²) in [5.74, 6) is -0.213. The van der Waals surface area contributed by atoms with Gasteiger partial charge in [0.25, 0.3) is 5.91 Å². The van der Waals surface area contributed by atoms with Crippen molar-refractivity contribution in [3.63, 3.8) is 0 Å². The lowest BCUT2D eigenvalue weighted by Gasteiger charge is -2.25. The molecule has 0 spiro atoms. The lowest BCUT2D eigenvalue weighted by molar-refractivity contribution is 0.0950. The molecule has 128 valence electrons. The quantitative estimate of drug-likeness (QED) is 0.880. The first-order valence-corrected chi connectivity index (χ1v) is 9.60. The van der Waals surface area contributed by atoms with Gasteiger partial charge in [0.05, 0.1) is 37.3 Å². The minimum atomic E-state index is -3.21. The maximum absolute atomic E-state index is 12.1. The second-order valence-corrected chi connectivity index (χ2v) is 8.06. The van der Waals surface area contributed by atoms with Gasteiger partial charge in [-0.2, -0.15) is 9.40 Å². The Balaban J connectivity index is 1.64. The van der Waals surface area contributed by atoms with Crippen LogP contribution < -0.4 is 5.32 Å². The van der Waals surface area contributed by atoms with Crippen LogP contribution >= 0.6 is 11.6 Å². The van der Waals surface area contributed by atoms with Crippen LogP contribution in [0.4, 0.5) is 0 Å². The fraction of sp³-hybridized carbons (Fsp3) is 0.333. The SMILES string of the molecule is CS(=O)(=O)N1CCn2nc(CNC(=O)c3ccc(Cl)cc3)cc2C1. The predicted octanol–water partition coefficient (Wildman–Crippen LogP) is 1.24. The number of rotatable bonds is 4. The van der Waals surface area contributed by atoms with Crippen LogP contribution in [-0.4, -0.2) is 41.2 Å². The van der Waals surface area contributed by atoms with E-state index in [1.165, 1.54) is 10.6 Å². The Hall–Kier alpha value is -1.90. The Kier molecular flexibility index (Phi) is 4.62. The highest BCUT2D eigenvalue weighted by Gasteiger charge is 2.24. The molecule has 0 fully saturated rings. The zero-order valence-corrected chi connectivity index (χ0v) is 14.6. The number of sulfonamides is 1. The smallest absolute Gasteiger partial charge is 0.251 e. The summed E-state index contributed by atoms with van der Waals surface area (Å²) < 4.78 is 26.5. The van der Waals surface area contributed by atoms with Gasteiger partial charge >= 0.3 is 0 Å². The molecule has 0 radical (unpaired) electrons. The van der Waals surface area contributed by atoms with E-state index < -0.39 is 10.0 Å². The third kappa shape index (κ3) is 3.77. The zero-order chi connectivity index (χ0) is 17.3. The molecule has 1 aliphatic rings. The maximum Gasteiger partial charge on any atom is 0.251 e. The summed E-state index contributed by atoms with van der Waals surface area (Å²) in [5.41, 5.74) is 2.04. The summed E-state index contributed by atoms with van der Waals surface area (Å²) >= 11 is 5.80. The van der Waals surface area contributed by atoms with Crippen LogP contribution in [0.25, 0.3) is 0 Å². The van der Waals surface area contributed by atoms with Crippen LogP contribution in [0, 0.1) is 0 Å². The lowest BCUT2D eigenvalue weighted by atomic mass is 10.2. The summed E-state index contributed by atoms with van der Waals surface area (Å²) in [5, 5.41) is 7.77. The number of nitrogens with one attached hydrogen (secondary N) is 1. The van der Waals surface area contributed by atoms with E-state index in [2.05, 4.69) is 10.4 Å². The molecule has 0 unspecified atom stereocenters. The average Bonchev–Trinajstić information content (AvgIpc) is 2.94. The number of amides is 1. The standard InChI is InChI=1S/C15H17ClN4O3S/c1-24(22,23)19-6-7-20-14(10-19)8-13(18-20)9-17-15(21)11-2-4-12(16)5-3-11/h2-5,8H,6-7,9-10H2,1H3,(H,17,21). The van der Waals surface area contributed by atoms with Crippen molar-refractivity contribution in [2.75, 3.05) is 12.8 Å². The summed E-state index contributed by atoms with van der Waals surface area (Å²) in [6.07, 6.45) is 1.20. The van der Waals surface area contributed by atoms with Crippen LogP contribution in [0.1, 0.15) is 21.7 Å². The molecule has 2 heterocycles. The molecule has 0 saturated heterocycles. The van der Waals surface area contributed by atoms with Gasteiger partial charge in [0.15, 0.2) is 0 Å². The van der Waals surface area contributed by atoms with E-state index in [1.54, 1.807) is 28.9 Å². The van der Waals surface area contributed by atoms with Crippen LogP contribution in [0.2, 0.25) is 5.02 Å². The highest BCUT2D eigenvalue weighted by molar-refractivity contribution is 7.88. The van der Waals surface area contributed by atoms with Crippen molar-refractivity contribution >= 4 is 27.5 Å². The number of benzene rings is 1. The maximum atomic E-state index is 12.1. The molecule has 1 aromatic carbocycles. The van der Waals surface area contributed by atoms with Gasteiger partial charge in [0.2, 0.25) is 10.0 Å². The molecule has 9 heteroatoms. The largest absolute Gasteiger partial charge is 0.346 e. The van der Waals surface area contributed by atoms with Gasteiger partial charge in [0.1, 0.15) is 0 Å². The Morgan fingerprint density at radius 3 is 2.67 bits per heavy atom. The van der Waals surface area contributed by atoms with Crippen LogP contribution in [0.5, 0.6) is 0 Å². The van der Waals surface area contributed by atoms with Crippen molar-refractivity contribution < 1.29 is 13.2 Å². The predicted molar refractivity (Wildman–Crippen MR) is 90.1 cm³/mol. The van der Waals surface area contributed by atoms with Gasteiger partial charge in [-0.15, -0.1) is 0 Å². The molecule has 0 bridgehead atoms. The van der Waals surface area contributed by atoms with Gasteiger partial charge < -0.3 is 5.32 Å². The molecule has 2 aromatic rings. The van der Waals surface area contributed by atoms with Gasteiger partial charge in [-0.1, -0.05) is 11.6 Å². The molecule has 1 aromatic heterocycles. The Morgan fingerprint density at radius 2 is 2.00 bits per heavy atom. The number of hydrogen-bond donors (Lipinski definition) is 1. The molecule has 3 rings (SSSR count).